The highest BCUT2D eigenvalue weighted by Crippen LogP contribution is 2.40. The summed E-state index contributed by atoms with van der Waals surface area (Å²) in [5.41, 5.74) is 1.17. The molecule has 136 valence electrons. The third-order valence-electron chi connectivity index (χ3n) is 4.58. The smallest absolute Gasteiger partial charge is 0.379 e. The standard InChI is InChI=1S/C18H31NO4Si/c1-5-21-24(22-6-2,23-7-3)18(4,17-11-9-8-10-12-17)19-13-15-20-16-14-19/h8-12H,5-7,13-16H2,1-4H3. The second-order valence-electron chi connectivity index (χ2n) is 5.89. The van der Waals surface area contributed by atoms with Crippen LogP contribution in [-0.4, -0.2) is 59.8 Å². The Labute approximate surface area is 147 Å². The van der Waals surface area contributed by atoms with Gasteiger partial charge in [-0.05, 0) is 33.3 Å². The van der Waals surface area contributed by atoms with Gasteiger partial charge in [-0.1, -0.05) is 30.3 Å². The minimum Gasteiger partial charge on any atom is -0.379 e. The minimum atomic E-state index is -3.01. The molecule has 0 bridgehead atoms. The van der Waals surface area contributed by atoms with Crippen molar-refractivity contribution in [1.82, 2.24) is 4.90 Å². The van der Waals surface area contributed by atoms with E-state index in [9.17, 15) is 0 Å². The number of benzene rings is 1. The molecule has 0 radical (unpaired) electrons. The fraction of sp³-hybridized carbons (Fsp3) is 0.667. The second-order valence-corrected chi connectivity index (χ2v) is 8.84. The minimum absolute atomic E-state index is 0.444. The lowest BCUT2D eigenvalue weighted by atomic mass is 10.1. The van der Waals surface area contributed by atoms with E-state index in [4.69, 9.17) is 18.0 Å². The summed E-state index contributed by atoms with van der Waals surface area (Å²) in [5, 5.41) is -0.444. The lowest BCUT2D eigenvalue weighted by molar-refractivity contribution is -0.0420. The van der Waals surface area contributed by atoms with Gasteiger partial charge in [0.2, 0.25) is 0 Å². The number of nitrogens with zero attached hydrogens (tertiary/aromatic N) is 1. The van der Waals surface area contributed by atoms with E-state index in [1.807, 2.05) is 26.8 Å². The van der Waals surface area contributed by atoms with Gasteiger partial charge in [0, 0.05) is 32.9 Å². The summed E-state index contributed by atoms with van der Waals surface area (Å²) in [5.74, 6) is 0. The molecule has 0 saturated carbocycles. The average molecular weight is 354 g/mol. The van der Waals surface area contributed by atoms with E-state index in [0.717, 1.165) is 26.3 Å². The van der Waals surface area contributed by atoms with Crippen LogP contribution in [0.3, 0.4) is 0 Å². The maximum atomic E-state index is 6.30. The summed E-state index contributed by atoms with van der Waals surface area (Å²) in [7, 11) is -3.01. The molecule has 24 heavy (non-hydrogen) atoms. The summed E-state index contributed by atoms with van der Waals surface area (Å²) in [6, 6.07) is 10.5. The van der Waals surface area contributed by atoms with Crippen LogP contribution in [0.5, 0.6) is 0 Å². The van der Waals surface area contributed by atoms with E-state index in [0.29, 0.717) is 19.8 Å². The molecule has 1 fully saturated rings. The van der Waals surface area contributed by atoms with Gasteiger partial charge in [0.1, 0.15) is 5.16 Å². The molecule has 0 amide bonds. The van der Waals surface area contributed by atoms with E-state index < -0.39 is 14.0 Å². The van der Waals surface area contributed by atoms with E-state index in [-0.39, 0.29) is 0 Å². The molecule has 1 saturated heterocycles. The first-order valence-electron chi connectivity index (χ1n) is 8.94. The first kappa shape index (κ1) is 19.6. The molecule has 6 heteroatoms. The van der Waals surface area contributed by atoms with Crippen molar-refractivity contribution in [2.45, 2.75) is 32.9 Å². The lowest BCUT2D eigenvalue weighted by Crippen LogP contribution is -2.70. The molecule has 0 aliphatic carbocycles. The van der Waals surface area contributed by atoms with E-state index in [2.05, 4.69) is 36.1 Å². The van der Waals surface area contributed by atoms with Crippen molar-refractivity contribution in [3.63, 3.8) is 0 Å². The molecule has 1 aromatic carbocycles. The van der Waals surface area contributed by atoms with Gasteiger partial charge in [0.05, 0.1) is 13.2 Å². The monoisotopic (exact) mass is 353 g/mol. The highest BCUT2D eigenvalue weighted by atomic mass is 28.4. The Bertz CT molecular complexity index is 464. The molecule has 1 unspecified atom stereocenters. The maximum absolute atomic E-state index is 6.30. The van der Waals surface area contributed by atoms with Crippen molar-refractivity contribution < 1.29 is 18.0 Å². The van der Waals surface area contributed by atoms with Crippen LogP contribution in [0.4, 0.5) is 0 Å². The Kier molecular flexibility index (Phi) is 7.40. The molecule has 0 aromatic heterocycles. The average Bonchev–Trinajstić information content (AvgIpc) is 2.63. The first-order chi connectivity index (χ1) is 11.6. The van der Waals surface area contributed by atoms with Crippen LogP contribution in [0.1, 0.15) is 33.3 Å². The molecule has 1 aliphatic heterocycles. The molecule has 1 atom stereocenters. The summed E-state index contributed by atoms with van der Waals surface area (Å²) >= 11 is 0. The lowest BCUT2D eigenvalue weighted by Gasteiger charge is -2.50. The van der Waals surface area contributed by atoms with Crippen LogP contribution in [0.2, 0.25) is 0 Å². The predicted octanol–water partition coefficient (Wildman–Crippen LogP) is 2.82. The quantitative estimate of drug-likeness (QED) is 0.639. The van der Waals surface area contributed by atoms with Crippen molar-refractivity contribution in [1.29, 1.82) is 0 Å². The Hall–Kier alpha value is -0.763. The molecular weight excluding hydrogens is 322 g/mol. The summed E-state index contributed by atoms with van der Waals surface area (Å²) in [4.78, 5) is 2.42. The molecule has 0 spiro atoms. The van der Waals surface area contributed by atoms with Crippen LogP contribution < -0.4 is 0 Å². The third kappa shape index (κ3) is 3.74. The van der Waals surface area contributed by atoms with Gasteiger partial charge < -0.3 is 18.0 Å². The van der Waals surface area contributed by atoms with Crippen molar-refractivity contribution in [2.24, 2.45) is 0 Å². The number of hydrogen-bond donors (Lipinski definition) is 0. The van der Waals surface area contributed by atoms with Gasteiger partial charge in [-0.25, -0.2) is 0 Å². The van der Waals surface area contributed by atoms with Gasteiger partial charge >= 0.3 is 8.80 Å². The van der Waals surface area contributed by atoms with E-state index >= 15 is 0 Å². The van der Waals surface area contributed by atoms with Crippen molar-refractivity contribution in [3.05, 3.63) is 35.9 Å². The molecule has 1 heterocycles. The fourth-order valence-corrected chi connectivity index (χ4v) is 6.81. The Balaban J connectivity index is 2.55. The number of morpholine rings is 1. The zero-order valence-corrected chi connectivity index (χ0v) is 16.4. The van der Waals surface area contributed by atoms with Crippen LogP contribution in [0.15, 0.2) is 30.3 Å². The van der Waals surface area contributed by atoms with Gasteiger partial charge in [-0.3, -0.25) is 4.90 Å². The molecule has 1 aliphatic rings. The fourth-order valence-electron chi connectivity index (χ4n) is 3.44. The highest BCUT2D eigenvalue weighted by Gasteiger charge is 2.62. The number of rotatable bonds is 9. The molecule has 0 N–H and O–H groups in total. The van der Waals surface area contributed by atoms with Crippen molar-refractivity contribution in [2.75, 3.05) is 46.1 Å². The van der Waals surface area contributed by atoms with E-state index in [1.54, 1.807) is 0 Å². The predicted molar refractivity (Wildman–Crippen MR) is 96.8 cm³/mol. The summed E-state index contributed by atoms with van der Waals surface area (Å²) in [6.45, 7) is 13.0. The normalized spacial score (nSPS) is 19.2. The van der Waals surface area contributed by atoms with Gasteiger partial charge in [-0.15, -0.1) is 0 Å². The Morgan fingerprint density at radius 3 is 1.92 bits per heavy atom. The van der Waals surface area contributed by atoms with Crippen LogP contribution >= 0.6 is 0 Å². The van der Waals surface area contributed by atoms with Crippen molar-refractivity contribution >= 4 is 8.80 Å². The first-order valence-corrected chi connectivity index (χ1v) is 10.7. The second kappa shape index (κ2) is 9.08. The van der Waals surface area contributed by atoms with Gasteiger partial charge in [0.25, 0.3) is 0 Å². The zero-order valence-electron chi connectivity index (χ0n) is 15.4. The Morgan fingerprint density at radius 2 is 1.46 bits per heavy atom. The molecule has 2 rings (SSSR count). The molecular formula is C18H31NO4Si. The van der Waals surface area contributed by atoms with Gasteiger partial charge in [0.15, 0.2) is 0 Å². The molecule has 5 nitrogen and oxygen atoms in total. The third-order valence-corrected chi connectivity index (χ3v) is 8.38. The number of ether oxygens (including phenoxy) is 1. The SMILES string of the molecule is CCO[Si](OCC)(OCC)C(C)(c1ccccc1)N1CCOCC1. The Morgan fingerprint density at radius 1 is 0.958 bits per heavy atom. The molecule has 1 aromatic rings. The largest absolute Gasteiger partial charge is 0.526 e. The summed E-state index contributed by atoms with van der Waals surface area (Å²) in [6.07, 6.45) is 0. The van der Waals surface area contributed by atoms with E-state index in [1.165, 1.54) is 5.56 Å². The summed E-state index contributed by atoms with van der Waals surface area (Å²) < 4.78 is 24.5. The highest BCUT2D eigenvalue weighted by molar-refractivity contribution is 6.64. The number of hydrogen-bond acceptors (Lipinski definition) is 5. The zero-order chi connectivity index (χ0) is 17.5. The van der Waals surface area contributed by atoms with Crippen molar-refractivity contribution in [3.8, 4) is 0 Å². The maximum Gasteiger partial charge on any atom is 0.526 e. The van der Waals surface area contributed by atoms with Crippen LogP contribution in [-0.2, 0) is 23.2 Å². The van der Waals surface area contributed by atoms with Gasteiger partial charge in [-0.2, -0.15) is 0 Å². The topological polar surface area (TPSA) is 40.2 Å². The van der Waals surface area contributed by atoms with Crippen LogP contribution in [0, 0.1) is 0 Å². The van der Waals surface area contributed by atoms with Crippen LogP contribution in [0.25, 0.3) is 0 Å².